The Bertz CT molecular complexity index is 992. The largest absolute Gasteiger partial charge is 0.481 e. The number of amides is 1. The Labute approximate surface area is 221 Å². The predicted octanol–water partition coefficient (Wildman–Crippen LogP) is 5.19. The van der Waals surface area contributed by atoms with Crippen molar-refractivity contribution in [3.63, 3.8) is 0 Å². The molecule has 0 spiro atoms. The summed E-state index contributed by atoms with van der Waals surface area (Å²) < 4.78 is 31.4. The number of carbonyl (C=O) groups is 2. The van der Waals surface area contributed by atoms with Crippen molar-refractivity contribution in [1.29, 1.82) is 0 Å². The van der Waals surface area contributed by atoms with Crippen molar-refractivity contribution in [3.8, 4) is 0 Å². The topological polar surface area (TPSA) is 91.8 Å². The van der Waals surface area contributed by atoms with Gasteiger partial charge in [0.15, 0.2) is 0 Å². The zero-order valence-electron chi connectivity index (χ0n) is 21.3. The van der Waals surface area contributed by atoms with E-state index in [9.17, 15) is 23.5 Å². The van der Waals surface area contributed by atoms with Gasteiger partial charge in [-0.3, -0.25) is 9.59 Å². The number of aliphatic carboxylic acids is 1. The normalized spacial score (nSPS) is 32.6. The number of carboxylic acids is 1. The third-order valence-corrected chi connectivity index (χ3v) is 9.89. The highest BCUT2D eigenvalue weighted by Crippen LogP contribution is 2.57. The van der Waals surface area contributed by atoms with Crippen LogP contribution in [-0.4, -0.2) is 59.1 Å². The van der Waals surface area contributed by atoms with Crippen LogP contribution in [0.3, 0.4) is 0 Å². The lowest BCUT2D eigenvalue weighted by atomic mass is 9.52. The van der Waals surface area contributed by atoms with Gasteiger partial charge in [-0.05, 0) is 92.9 Å². The number of hydrogen-bond acceptors (Lipinski definition) is 6. The second kappa shape index (κ2) is 11.0. The van der Waals surface area contributed by atoms with Gasteiger partial charge >= 0.3 is 12.6 Å². The number of pyridine rings is 1. The minimum atomic E-state index is -2.76. The van der Waals surface area contributed by atoms with E-state index >= 15 is 0 Å². The Balaban J connectivity index is 1.31. The average Bonchev–Trinajstić information content (AvgIpc) is 2.83. The van der Waals surface area contributed by atoms with Crippen LogP contribution in [0.15, 0.2) is 17.2 Å². The third kappa shape index (κ3) is 5.90. The predicted molar refractivity (Wildman–Crippen MR) is 137 cm³/mol. The number of alkyl halides is 2. The molecule has 3 atom stereocenters. The molecule has 4 aliphatic carbocycles. The molecule has 10 heteroatoms. The van der Waals surface area contributed by atoms with Crippen LogP contribution in [0.1, 0.15) is 75.1 Å². The molecule has 0 aromatic carbocycles. The molecule has 1 aromatic rings. The van der Waals surface area contributed by atoms with Crippen LogP contribution < -0.4 is 10.2 Å². The van der Waals surface area contributed by atoms with Crippen molar-refractivity contribution in [2.75, 3.05) is 23.7 Å². The summed E-state index contributed by atoms with van der Waals surface area (Å²) in [5.74, 6) is 1.50. The molecule has 2 heterocycles. The maximum atomic E-state index is 13.5. The number of ether oxygens (including phenoxy) is 1. The van der Waals surface area contributed by atoms with Crippen LogP contribution in [0.2, 0.25) is 0 Å². The van der Waals surface area contributed by atoms with E-state index in [1.54, 1.807) is 11.8 Å². The smallest absolute Gasteiger partial charge is 0.345 e. The number of hydrogen-bond donors (Lipinski definition) is 2. The number of carbonyl (C=O) groups excluding carboxylic acids is 1. The fourth-order valence-corrected chi connectivity index (χ4v) is 8.39. The van der Waals surface area contributed by atoms with Gasteiger partial charge in [0.25, 0.3) is 5.91 Å². The van der Waals surface area contributed by atoms with Crippen molar-refractivity contribution in [2.24, 2.45) is 23.7 Å². The molecule has 1 saturated heterocycles. The lowest BCUT2D eigenvalue weighted by Gasteiger charge is -2.59. The SMILES string of the molecule is CCCSc1nc(N2CCC[C@@H](CC(=O)O)C2)ccc1C(=O)N[C@H]1C2CC3CC1C[C@](OC(F)F)(C3)C2. The highest BCUT2D eigenvalue weighted by atomic mass is 32.2. The number of nitrogens with zero attached hydrogens (tertiary/aromatic N) is 2. The zero-order valence-corrected chi connectivity index (χ0v) is 22.2. The minimum Gasteiger partial charge on any atom is -0.481 e. The number of rotatable bonds is 10. The second-order valence-corrected chi connectivity index (χ2v) is 12.5. The van der Waals surface area contributed by atoms with Gasteiger partial charge < -0.3 is 20.1 Å². The molecule has 1 aliphatic heterocycles. The van der Waals surface area contributed by atoms with Gasteiger partial charge in [0.1, 0.15) is 10.8 Å². The van der Waals surface area contributed by atoms with Gasteiger partial charge in [-0.1, -0.05) is 6.92 Å². The van der Waals surface area contributed by atoms with Gasteiger partial charge in [-0.15, -0.1) is 11.8 Å². The van der Waals surface area contributed by atoms with Crippen molar-refractivity contribution < 1.29 is 28.2 Å². The Kier molecular flexibility index (Phi) is 7.96. The fraction of sp³-hybridized carbons (Fsp3) is 0.741. The average molecular weight is 538 g/mol. The summed E-state index contributed by atoms with van der Waals surface area (Å²) >= 11 is 1.57. The zero-order chi connectivity index (χ0) is 26.2. The number of aromatic nitrogens is 1. The number of thioether (sulfide) groups is 1. The van der Waals surface area contributed by atoms with Gasteiger partial charge in [0, 0.05) is 25.6 Å². The summed E-state index contributed by atoms with van der Waals surface area (Å²) in [5.41, 5.74) is -0.182. The highest BCUT2D eigenvalue weighted by Gasteiger charge is 2.57. The molecule has 4 saturated carbocycles. The summed E-state index contributed by atoms with van der Waals surface area (Å²) in [6.45, 7) is 0.800. The number of piperidine rings is 1. The molecule has 0 radical (unpaired) electrons. The number of carboxylic acid groups (broad SMARTS) is 1. The Morgan fingerprint density at radius 3 is 2.70 bits per heavy atom. The van der Waals surface area contributed by atoms with E-state index in [-0.39, 0.29) is 36.1 Å². The lowest BCUT2D eigenvalue weighted by molar-refractivity contribution is -0.260. The van der Waals surface area contributed by atoms with Crippen LogP contribution in [-0.2, 0) is 9.53 Å². The summed E-state index contributed by atoms with van der Waals surface area (Å²) in [4.78, 5) is 31.8. The van der Waals surface area contributed by atoms with E-state index in [1.165, 1.54) is 0 Å². The maximum Gasteiger partial charge on any atom is 0.345 e. The number of anilines is 1. The van der Waals surface area contributed by atoms with Crippen LogP contribution >= 0.6 is 11.8 Å². The van der Waals surface area contributed by atoms with Gasteiger partial charge in [-0.2, -0.15) is 8.78 Å². The van der Waals surface area contributed by atoms with E-state index in [0.717, 1.165) is 50.2 Å². The molecule has 2 N–H and O–H groups in total. The Morgan fingerprint density at radius 1 is 1.27 bits per heavy atom. The fourth-order valence-electron chi connectivity index (χ4n) is 7.52. The Hall–Kier alpha value is -1.94. The van der Waals surface area contributed by atoms with E-state index in [4.69, 9.17) is 9.72 Å². The standard InChI is InChI=1S/C27H37F2N3O4S/c1-2-8-37-25-20(5-6-21(30-25)32-7-3-4-16(15-32)11-22(33)34)24(35)31-23-18-9-17-10-19(23)14-27(12-17,13-18)36-26(28)29/h5-6,16-19,23,26H,2-4,7-15H2,1H3,(H,31,35)(H,33,34)/t16-,17?,18?,19?,23-,27-/m0/s1. The van der Waals surface area contributed by atoms with E-state index < -0.39 is 18.2 Å². The van der Waals surface area contributed by atoms with E-state index in [2.05, 4.69) is 17.1 Å². The summed E-state index contributed by atoms with van der Waals surface area (Å²) in [7, 11) is 0. The van der Waals surface area contributed by atoms with Gasteiger partial charge in [0.2, 0.25) is 0 Å². The van der Waals surface area contributed by atoms with E-state index in [1.807, 2.05) is 12.1 Å². The molecule has 1 amide bonds. The first kappa shape index (κ1) is 26.7. The van der Waals surface area contributed by atoms with Crippen molar-refractivity contribution in [2.45, 2.75) is 88.0 Å². The summed E-state index contributed by atoms with van der Waals surface area (Å²) in [6.07, 6.45) is 6.69. The molecule has 204 valence electrons. The molecule has 7 nitrogen and oxygen atoms in total. The molecule has 2 unspecified atom stereocenters. The first-order valence-electron chi connectivity index (χ1n) is 13.6. The molecule has 4 bridgehead atoms. The Morgan fingerprint density at radius 2 is 2.03 bits per heavy atom. The third-order valence-electron chi connectivity index (χ3n) is 8.69. The monoisotopic (exact) mass is 537 g/mol. The van der Waals surface area contributed by atoms with Crippen LogP contribution in [0, 0.1) is 23.7 Å². The molecular formula is C27H37F2N3O4S. The van der Waals surface area contributed by atoms with Gasteiger partial charge in [0.05, 0.1) is 11.2 Å². The lowest BCUT2D eigenvalue weighted by Crippen LogP contribution is -2.62. The van der Waals surface area contributed by atoms with Crippen LogP contribution in [0.5, 0.6) is 0 Å². The highest BCUT2D eigenvalue weighted by molar-refractivity contribution is 7.99. The molecule has 6 rings (SSSR count). The van der Waals surface area contributed by atoms with E-state index in [0.29, 0.717) is 42.3 Å². The first-order valence-corrected chi connectivity index (χ1v) is 14.6. The molecule has 1 aromatic heterocycles. The van der Waals surface area contributed by atoms with Crippen LogP contribution in [0.4, 0.5) is 14.6 Å². The van der Waals surface area contributed by atoms with Crippen LogP contribution in [0.25, 0.3) is 0 Å². The first-order chi connectivity index (χ1) is 17.7. The molecular weight excluding hydrogens is 500 g/mol. The summed E-state index contributed by atoms with van der Waals surface area (Å²) in [6, 6.07) is 3.69. The van der Waals surface area contributed by atoms with Crippen molar-refractivity contribution in [1.82, 2.24) is 10.3 Å². The molecule has 37 heavy (non-hydrogen) atoms. The van der Waals surface area contributed by atoms with Gasteiger partial charge in [-0.25, -0.2) is 4.98 Å². The number of halogens is 2. The molecule has 5 fully saturated rings. The summed E-state index contributed by atoms with van der Waals surface area (Å²) in [5, 5.41) is 13.2. The second-order valence-electron chi connectivity index (χ2n) is 11.5. The quantitative estimate of drug-likeness (QED) is 0.397. The minimum absolute atomic E-state index is 0.0268. The van der Waals surface area contributed by atoms with Crippen molar-refractivity contribution >= 4 is 29.5 Å². The maximum absolute atomic E-state index is 13.5. The number of nitrogens with one attached hydrogen (secondary N) is 1. The van der Waals surface area contributed by atoms with Crippen molar-refractivity contribution in [3.05, 3.63) is 17.7 Å². The molecule has 5 aliphatic rings.